The second-order valence-corrected chi connectivity index (χ2v) is 6.44. The molecular formula is C18H25ClN4. The second-order valence-electron chi connectivity index (χ2n) is 6.03. The molecule has 0 saturated heterocycles. The lowest BCUT2D eigenvalue weighted by molar-refractivity contribution is 0.749. The number of aromatic nitrogens is 2. The quantitative estimate of drug-likeness (QED) is 0.805. The van der Waals surface area contributed by atoms with Gasteiger partial charge in [-0.15, -0.1) is 0 Å². The Labute approximate surface area is 143 Å². The van der Waals surface area contributed by atoms with Crippen LogP contribution in [0.1, 0.15) is 36.6 Å². The van der Waals surface area contributed by atoms with Gasteiger partial charge in [0, 0.05) is 25.4 Å². The van der Waals surface area contributed by atoms with Crippen LogP contribution in [0.4, 0.5) is 17.5 Å². The molecule has 0 aliphatic rings. The molecule has 1 aromatic heterocycles. The Hall–Kier alpha value is -1.81. The molecule has 0 aliphatic heterocycles. The molecule has 2 rings (SSSR count). The van der Waals surface area contributed by atoms with Crippen LogP contribution in [-0.2, 0) is 0 Å². The molecule has 0 aliphatic carbocycles. The zero-order chi connectivity index (χ0) is 17.0. The van der Waals surface area contributed by atoms with Gasteiger partial charge in [-0.25, -0.2) is 4.98 Å². The van der Waals surface area contributed by atoms with Crippen molar-refractivity contribution in [3.63, 3.8) is 0 Å². The number of hydrogen-bond acceptors (Lipinski definition) is 4. The highest BCUT2D eigenvalue weighted by molar-refractivity contribution is 6.33. The van der Waals surface area contributed by atoms with E-state index in [1.807, 2.05) is 40.0 Å². The predicted octanol–water partition coefficient (Wildman–Crippen LogP) is 5.04. The fourth-order valence-electron chi connectivity index (χ4n) is 2.49. The van der Waals surface area contributed by atoms with Crippen molar-refractivity contribution < 1.29 is 0 Å². The summed E-state index contributed by atoms with van der Waals surface area (Å²) in [6.07, 6.45) is 2.28. The zero-order valence-electron chi connectivity index (χ0n) is 14.6. The molecule has 124 valence electrons. The Morgan fingerprint density at radius 1 is 1.13 bits per heavy atom. The number of unbranched alkanes of at least 4 members (excludes halogenated alkanes) is 1. The minimum atomic E-state index is 0.708. The Balaban J connectivity index is 2.29. The van der Waals surface area contributed by atoms with Gasteiger partial charge >= 0.3 is 0 Å². The lowest BCUT2D eigenvalue weighted by atomic mass is 10.1. The first-order chi connectivity index (χ1) is 10.9. The highest BCUT2D eigenvalue weighted by Gasteiger charge is 2.10. The fourth-order valence-corrected chi connectivity index (χ4v) is 2.85. The molecule has 0 unspecified atom stereocenters. The smallest absolute Gasteiger partial charge is 0.227 e. The van der Waals surface area contributed by atoms with E-state index in [-0.39, 0.29) is 0 Å². The number of benzene rings is 1. The Morgan fingerprint density at radius 2 is 1.87 bits per heavy atom. The van der Waals surface area contributed by atoms with Crippen molar-refractivity contribution in [3.8, 4) is 0 Å². The molecule has 1 N–H and O–H groups in total. The molecule has 1 heterocycles. The van der Waals surface area contributed by atoms with E-state index >= 15 is 0 Å². The molecule has 0 fully saturated rings. The van der Waals surface area contributed by atoms with Gasteiger partial charge in [-0.05, 0) is 44.4 Å². The normalized spacial score (nSPS) is 10.7. The monoisotopic (exact) mass is 332 g/mol. The molecule has 4 nitrogen and oxygen atoms in total. The molecule has 23 heavy (non-hydrogen) atoms. The third-order valence-electron chi connectivity index (χ3n) is 3.72. The first-order valence-corrected chi connectivity index (χ1v) is 8.39. The summed E-state index contributed by atoms with van der Waals surface area (Å²) in [5.74, 6) is 1.51. The van der Waals surface area contributed by atoms with Gasteiger partial charge < -0.3 is 10.2 Å². The maximum atomic E-state index is 6.38. The predicted molar refractivity (Wildman–Crippen MR) is 99.2 cm³/mol. The van der Waals surface area contributed by atoms with Crippen molar-refractivity contribution in [2.45, 2.75) is 40.5 Å². The average Bonchev–Trinajstić information content (AvgIpc) is 2.48. The van der Waals surface area contributed by atoms with Gasteiger partial charge in [0.1, 0.15) is 5.82 Å². The summed E-state index contributed by atoms with van der Waals surface area (Å²) in [6, 6.07) is 6.00. The molecule has 2 aromatic rings. The van der Waals surface area contributed by atoms with Crippen molar-refractivity contribution >= 4 is 29.1 Å². The molecule has 0 saturated carbocycles. The van der Waals surface area contributed by atoms with E-state index in [9.17, 15) is 0 Å². The largest absolute Gasteiger partial charge is 0.344 e. The van der Waals surface area contributed by atoms with Crippen molar-refractivity contribution in [2.24, 2.45) is 0 Å². The maximum absolute atomic E-state index is 6.38. The molecular weight excluding hydrogens is 308 g/mol. The van der Waals surface area contributed by atoms with E-state index in [2.05, 4.69) is 33.2 Å². The van der Waals surface area contributed by atoms with Gasteiger partial charge in [-0.2, -0.15) is 4.98 Å². The molecule has 5 heteroatoms. The van der Waals surface area contributed by atoms with E-state index in [1.165, 1.54) is 0 Å². The highest BCUT2D eigenvalue weighted by atomic mass is 35.5. The van der Waals surface area contributed by atoms with Crippen LogP contribution in [0.3, 0.4) is 0 Å². The van der Waals surface area contributed by atoms with Crippen molar-refractivity contribution in [1.29, 1.82) is 0 Å². The van der Waals surface area contributed by atoms with Crippen LogP contribution in [0.25, 0.3) is 0 Å². The second kappa shape index (κ2) is 7.64. The van der Waals surface area contributed by atoms with E-state index in [0.29, 0.717) is 5.02 Å². The van der Waals surface area contributed by atoms with Gasteiger partial charge in [-0.1, -0.05) is 31.0 Å². The number of rotatable bonds is 6. The van der Waals surface area contributed by atoms with Gasteiger partial charge in [0.2, 0.25) is 5.95 Å². The third kappa shape index (κ3) is 4.58. The van der Waals surface area contributed by atoms with Crippen LogP contribution in [0.5, 0.6) is 0 Å². The minimum absolute atomic E-state index is 0.708. The Morgan fingerprint density at radius 3 is 2.52 bits per heavy atom. The Kier molecular flexibility index (Phi) is 5.83. The molecule has 0 spiro atoms. The number of nitrogens with one attached hydrogen (secondary N) is 1. The van der Waals surface area contributed by atoms with Gasteiger partial charge in [0.25, 0.3) is 0 Å². The van der Waals surface area contributed by atoms with Crippen molar-refractivity contribution in [2.75, 3.05) is 23.8 Å². The van der Waals surface area contributed by atoms with Crippen LogP contribution >= 0.6 is 11.6 Å². The van der Waals surface area contributed by atoms with E-state index in [4.69, 9.17) is 11.6 Å². The van der Waals surface area contributed by atoms with E-state index in [1.54, 1.807) is 0 Å². The van der Waals surface area contributed by atoms with Gasteiger partial charge in [0.15, 0.2) is 0 Å². The minimum Gasteiger partial charge on any atom is -0.344 e. The summed E-state index contributed by atoms with van der Waals surface area (Å²) >= 11 is 6.38. The first kappa shape index (κ1) is 17.5. The van der Waals surface area contributed by atoms with Gasteiger partial charge in [0.05, 0.1) is 10.7 Å². The van der Waals surface area contributed by atoms with Crippen LogP contribution in [0.15, 0.2) is 18.2 Å². The summed E-state index contributed by atoms with van der Waals surface area (Å²) in [5, 5.41) is 4.06. The van der Waals surface area contributed by atoms with E-state index < -0.39 is 0 Å². The summed E-state index contributed by atoms with van der Waals surface area (Å²) in [4.78, 5) is 11.2. The van der Waals surface area contributed by atoms with Gasteiger partial charge in [-0.3, -0.25) is 0 Å². The van der Waals surface area contributed by atoms with Crippen molar-refractivity contribution in [3.05, 3.63) is 40.0 Å². The van der Waals surface area contributed by atoms with Crippen LogP contribution < -0.4 is 10.2 Å². The average molecular weight is 333 g/mol. The Bertz CT molecular complexity index is 662. The molecule has 0 amide bonds. The lowest BCUT2D eigenvalue weighted by Gasteiger charge is -2.19. The molecule has 0 radical (unpaired) electrons. The highest BCUT2D eigenvalue weighted by Crippen LogP contribution is 2.30. The molecule has 1 aromatic carbocycles. The summed E-state index contributed by atoms with van der Waals surface area (Å²) in [5.41, 5.74) is 4.09. The van der Waals surface area contributed by atoms with Crippen LogP contribution in [0.2, 0.25) is 5.02 Å². The van der Waals surface area contributed by atoms with Crippen LogP contribution in [-0.4, -0.2) is 23.6 Å². The number of hydrogen-bond donors (Lipinski definition) is 1. The lowest BCUT2D eigenvalue weighted by Crippen LogP contribution is -2.21. The first-order valence-electron chi connectivity index (χ1n) is 8.01. The zero-order valence-corrected chi connectivity index (χ0v) is 15.3. The number of anilines is 3. The fraction of sp³-hybridized carbons (Fsp3) is 0.444. The molecule has 0 atom stereocenters. The van der Waals surface area contributed by atoms with Crippen molar-refractivity contribution in [1.82, 2.24) is 9.97 Å². The summed E-state index contributed by atoms with van der Waals surface area (Å²) in [6.45, 7) is 9.19. The summed E-state index contributed by atoms with van der Waals surface area (Å²) < 4.78 is 0. The topological polar surface area (TPSA) is 41.1 Å². The molecule has 0 bridgehead atoms. The number of aryl methyl sites for hydroxylation is 3. The number of halogens is 1. The SMILES string of the molecule is CCCCN(C)c1nc(C)cc(Nc2c(C)cc(C)cc2Cl)n1. The maximum Gasteiger partial charge on any atom is 0.227 e. The standard InChI is InChI=1S/C18H25ClN4/c1-6-7-8-23(5)18-20-14(4)11-16(22-18)21-17-13(3)9-12(2)10-15(17)19/h9-11H,6-8H2,1-5H3,(H,20,21,22). The summed E-state index contributed by atoms with van der Waals surface area (Å²) in [7, 11) is 2.03. The third-order valence-corrected chi connectivity index (χ3v) is 4.01. The van der Waals surface area contributed by atoms with Crippen LogP contribution in [0, 0.1) is 20.8 Å². The number of nitrogens with zero attached hydrogens (tertiary/aromatic N) is 3. The van der Waals surface area contributed by atoms with E-state index in [0.717, 1.165) is 53.7 Å².